The largest absolute Gasteiger partial charge is 0.321 e. The van der Waals surface area contributed by atoms with Crippen LogP contribution >= 0.6 is 0 Å². The first-order chi connectivity index (χ1) is 11.9. The SMILES string of the molecule is CC(C)(C)c1ncc(NC(=O)[C@H](c2ccccc2)n2cccn2)cn1. The molecule has 3 aromatic rings. The zero-order valence-electron chi connectivity index (χ0n) is 14.5. The Morgan fingerprint density at radius 1 is 1.08 bits per heavy atom. The second kappa shape index (κ2) is 6.84. The normalized spacial score (nSPS) is 12.6. The van der Waals surface area contributed by atoms with E-state index < -0.39 is 6.04 Å². The Morgan fingerprint density at radius 2 is 1.76 bits per heavy atom. The predicted octanol–water partition coefficient (Wildman–Crippen LogP) is 3.20. The average Bonchev–Trinajstić information content (AvgIpc) is 3.10. The van der Waals surface area contributed by atoms with Gasteiger partial charge in [0.2, 0.25) is 0 Å². The summed E-state index contributed by atoms with van der Waals surface area (Å²) in [6.07, 6.45) is 6.70. The molecule has 0 bridgehead atoms. The molecule has 0 radical (unpaired) electrons. The van der Waals surface area contributed by atoms with E-state index in [9.17, 15) is 4.79 Å². The molecule has 1 aromatic carbocycles. The number of aromatic nitrogens is 4. The van der Waals surface area contributed by atoms with Gasteiger partial charge >= 0.3 is 0 Å². The van der Waals surface area contributed by atoms with E-state index in [1.54, 1.807) is 35.5 Å². The number of nitrogens with one attached hydrogen (secondary N) is 1. The zero-order valence-corrected chi connectivity index (χ0v) is 14.5. The first-order valence-electron chi connectivity index (χ1n) is 8.12. The summed E-state index contributed by atoms with van der Waals surface area (Å²) >= 11 is 0. The molecule has 0 unspecified atom stereocenters. The smallest absolute Gasteiger partial charge is 0.253 e. The van der Waals surface area contributed by atoms with Crippen LogP contribution in [0.2, 0.25) is 0 Å². The maximum Gasteiger partial charge on any atom is 0.253 e. The number of nitrogens with zero attached hydrogens (tertiary/aromatic N) is 4. The Bertz CT molecular complexity index is 821. The molecule has 3 rings (SSSR count). The highest BCUT2D eigenvalue weighted by atomic mass is 16.2. The molecule has 0 saturated heterocycles. The molecule has 6 heteroatoms. The van der Waals surface area contributed by atoms with E-state index in [-0.39, 0.29) is 11.3 Å². The Labute approximate surface area is 146 Å². The van der Waals surface area contributed by atoms with Crippen molar-refractivity contribution in [1.82, 2.24) is 19.7 Å². The number of amides is 1. The lowest BCUT2D eigenvalue weighted by Crippen LogP contribution is -2.27. The van der Waals surface area contributed by atoms with Crippen molar-refractivity contribution in [1.29, 1.82) is 0 Å². The van der Waals surface area contributed by atoms with Crippen LogP contribution in [0.25, 0.3) is 0 Å². The van der Waals surface area contributed by atoms with E-state index in [2.05, 4.69) is 20.4 Å². The molecule has 0 aliphatic rings. The lowest BCUT2D eigenvalue weighted by molar-refractivity contribution is -0.118. The van der Waals surface area contributed by atoms with Crippen molar-refractivity contribution in [3.8, 4) is 0 Å². The zero-order chi connectivity index (χ0) is 17.9. The molecule has 6 nitrogen and oxygen atoms in total. The molecule has 1 amide bonds. The molecular weight excluding hydrogens is 314 g/mol. The minimum Gasteiger partial charge on any atom is -0.321 e. The molecule has 1 atom stereocenters. The van der Waals surface area contributed by atoms with Crippen molar-refractivity contribution in [2.45, 2.75) is 32.2 Å². The van der Waals surface area contributed by atoms with Crippen LogP contribution in [0.15, 0.2) is 61.2 Å². The molecule has 1 N–H and O–H groups in total. The van der Waals surface area contributed by atoms with Gasteiger partial charge in [-0.25, -0.2) is 9.97 Å². The monoisotopic (exact) mass is 335 g/mol. The highest BCUT2D eigenvalue weighted by molar-refractivity contribution is 5.95. The van der Waals surface area contributed by atoms with Gasteiger partial charge in [-0.3, -0.25) is 9.48 Å². The molecule has 128 valence electrons. The van der Waals surface area contributed by atoms with Crippen LogP contribution in [0.3, 0.4) is 0 Å². The summed E-state index contributed by atoms with van der Waals surface area (Å²) in [6, 6.07) is 10.8. The third kappa shape index (κ3) is 3.91. The number of benzene rings is 1. The molecule has 25 heavy (non-hydrogen) atoms. The molecule has 0 aliphatic heterocycles. The standard InChI is InChI=1S/C19H21N5O/c1-19(2,3)18-20-12-15(13-21-18)23-17(25)16(24-11-7-10-22-24)14-8-5-4-6-9-14/h4-13,16H,1-3H3,(H,23,25)/t16-/m0/s1. The van der Waals surface area contributed by atoms with Crippen molar-refractivity contribution < 1.29 is 4.79 Å². The number of carbonyl (C=O) groups is 1. The van der Waals surface area contributed by atoms with E-state index in [1.807, 2.05) is 51.1 Å². The lowest BCUT2D eigenvalue weighted by atomic mass is 9.96. The van der Waals surface area contributed by atoms with Gasteiger partial charge < -0.3 is 5.32 Å². The first-order valence-corrected chi connectivity index (χ1v) is 8.12. The molecule has 0 aliphatic carbocycles. The summed E-state index contributed by atoms with van der Waals surface area (Å²) in [5, 5.41) is 7.11. The summed E-state index contributed by atoms with van der Waals surface area (Å²) in [4.78, 5) is 21.6. The second-order valence-corrected chi connectivity index (χ2v) is 6.83. The van der Waals surface area contributed by atoms with Crippen LogP contribution in [0.4, 0.5) is 5.69 Å². The van der Waals surface area contributed by atoms with Gasteiger partial charge in [-0.1, -0.05) is 51.1 Å². The van der Waals surface area contributed by atoms with Crippen molar-refractivity contribution in [2.75, 3.05) is 5.32 Å². The van der Waals surface area contributed by atoms with E-state index >= 15 is 0 Å². The van der Waals surface area contributed by atoms with Gasteiger partial charge in [-0.05, 0) is 11.6 Å². The van der Waals surface area contributed by atoms with Crippen molar-refractivity contribution in [3.63, 3.8) is 0 Å². The fourth-order valence-corrected chi connectivity index (χ4v) is 2.48. The van der Waals surface area contributed by atoms with Crippen LogP contribution in [0.1, 0.15) is 38.2 Å². The molecule has 0 saturated carbocycles. The maximum absolute atomic E-state index is 12.9. The number of hydrogen-bond donors (Lipinski definition) is 1. The van der Waals surface area contributed by atoms with Gasteiger partial charge in [-0.15, -0.1) is 0 Å². The Kier molecular flexibility index (Phi) is 4.61. The summed E-state index contributed by atoms with van der Waals surface area (Å²) < 4.78 is 1.63. The Morgan fingerprint density at radius 3 is 2.32 bits per heavy atom. The third-order valence-corrected chi connectivity index (χ3v) is 3.74. The van der Waals surface area contributed by atoms with Crippen LogP contribution in [0.5, 0.6) is 0 Å². The lowest BCUT2D eigenvalue weighted by Gasteiger charge is -2.19. The first kappa shape index (κ1) is 16.8. The summed E-state index contributed by atoms with van der Waals surface area (Å²) in [6.45, 7) is 6.14. The number of hydrogen-bond acceptors (Lipinski definition) is 4. The molecule has 2 heterocycles. The van der Waals surface area contributed by atoms with Gasteiger partial charge in [0.25, 0.3) is 5.91 Å². The summed E-state index contributed by atoms with van der Waals surface area (Å²) in [7, 11) is 0. The van der Waals surface area contributed by atoms with E-state index in [4.69, 9.17) is 0 Å². The Balaban J connectivity index is 1.84. The predicted molar refractivity (Wildman–Crippen MR) is 96.2 cm³/mol. The Hall–Kier alpha value is -3.02. The highest BCUT2D eigenvalue weighted by Crippen LogP contribution is 2.21. The van der Waals surface area contributed by atoms with E-state index in [0.29, 0.717) is 5.69 Å². The number of carbonyl (C=O) groups excluding carboxylic acids is 1. The minimum absolute atomic E-state index is 0.135. The third-order valence-electron chi connectivity index (χ3n) is 3.74. The van der Waals surface area contributed by atoms with Gasteiger partial charge in [0.05, 0.1) is 18.1 Å². The maximum atomic E-state index is 12.9. The molecule has 2 aromatic heterocycles. The van der Waals surface area contributed by atoms with Gasteiger partial charge in [0.15, 0.2) is 6.04 Å². The molecule has 0 spiro atoms. The van der Waals surface area contributed by atoms with Crippen LogP contribution in [0, 0.1) is 0 Å². The minimum atomic E-state index is -0.557. The quantitative estimate of drug-likeness (QED) is 0.795. The van der Waals surface area contributed by atoms with Crippen molar-refractivity contribution in [2.24, 2.45) is 0 Å². The van der Waals surface area contributed by atoms with Crippen LogP contribution in [-0.2, 0) is 10.2 Å². The van der Waals surface area contributed by atoms with Gasteiger partial charge in [0, 0.05) is 17.8 Å². The van der Waals surface area contributed by atoms with Crippen LogP contribution in [-0.4, -0.2) is 25.7 Å². The average molecular weight is 335 g/mol. The van der Waals surface area contributed by atoms with E-state index in [1.165, 1.54) is 0 Å². The summed E-state index contributed by atoms with van der Waals surface area (Å²) in [5.41, 5.74) is 1.28. The van der Waals surface area contributed by atoms with Gasteiger partial charge in [-0.2, -0.15) is 5.10 Å². The fraction of sp³-hybridized carbons (Fsp3) is 0.263. The van der Waals surface area contributed by atoms with Crippen molar-refractivity contribution in [3.05, 3.63) is 72.6 Å². The second-order valence-electron chi connectivity index (χ2n) is 6.83. The fourth-order valence-electron chi connectivity index (χ4n) is 2.48. The number of anilines is 1. The van der Waals surface area contributed by atoms with Gasteiger partial charge in [0.1, 0.15) is 5.82 Å². The number of rotatable bonds is 4. The highest BCUT2D eigenvalue weighted by Gasteiger charge is 2.23. The molecule has 0 fully saturated rings. The topological polar surface area (TPSA) is 72.7 Å². The summed E-state index contributed by atoms with van der Waals surface area (Å²) in [5.74, 6) is 0.541. The van der Waals surface area contributed by atoms with Crippen molar-refractivity contribution >= 4 is 11.6 Å². The molecular formula is C19H21N5O. The van der Waals surface area contributed by atoms with Crippen LogP contribution < -0.4 is 5.32 Å². The van der Waals surface area contributed by atoms with E-state index in [0.717, 1.165) is 11.4 Å².